The fourth-order valence-corrected chi connectivity index (χ4v) is 10.8. The lowest BCUT2D eigenvalue weighted by Gasteiger charge is -2.18. The molecule has 0 bridgehead atoms. The maximum absolute atomic E-state index is 12.9. The zero-order valence-corrected chi connectivity index (χ0v) is 55.5. The van der Waals surface area contributed by atoms with E-state index in [1.54, 1.807) is 0 Å². The van der Waals surface area contributed by atoms with Crippen LogP contribution in [0.5, 0.6) is 0 Å². The number of ether oxygens (including phenoxy) is 3. The van der Waals surface area contributed by atoms with Gasteiger partial charge in [-0.3, -0.25) is 14.4 Å². The van der Waals surface area contributed by atoms with E-state index in [-0.39, 0.29) is 31.1 Å². The van der Waals surface area contributed by atoms with Gasteiger partial charge in [-0.2, -0.15) is 0 Å². The van der Waals surface area contributed by atoms with Gasteiger partial charge in [0.05, 0.1) is 0 Å². The highest BCUT2D eigenvalue weighted by Crippen LogP contribution is 2.18. The standard InChI is InChI=1S/C77H138O6/c1-4-7-10-13-16-19-22-25-27-29-30-31-32-33-34-35-36-37-38-39-40-41-42-43-44-45-46-48-49-52-55-58-61-64-67-70-76(79)82-73-74(72-81-75(78)69-66-63-60-57-54-51-24-21-18-15-12-9-6-3)83-77(80)71-68-65-62-59-56-53-50-47-28-26-23-20-17-14-11-8-5-2/h7,10,16-17,19-20,25-28,30-31,74H,4-6,8-9,11-15,18,21-24,29,32-73H2,1-3H3/b10-7-,19-16-,20-17-,27-25-,28-26-,31-30-. The molecule has 0 saturated carbocycles. The van der Waals surface area contributed by atoms with Crippen molar-refractivity contribution in [3.8, 4) is 0 Å². The van der Waals surface area contributed by atoms with Gasteiger partial charge in [0, 0.05) is 19.3 Å². The molecule has 6 nitrogen and oxygen atoms in total. The summed E-state index contributed by atoms with van der Waals surface area (Å²) in [4.78, 5) is 38.4. The van der Waals surface area contributed by atoms with Gasteiger partial charge in [0.2, 0.25) is 0 Å². The van der Waals surface area contributed by atoms with Crippen molar-refractivity contribution in [2.24, 2.45) is 0 Å². The third-order valence-corrected chi connectivity index (χ3v) is 16.2. The van der Waals surface area contributed by atoms with E-state index in [0.717, 1.165) is 96.3 Å². The highest BCUT2D eigenvalue weighted by molar-refractivity contribution is 5.71. The molecule has 0 aliphatic rings. The number of hydrogen-bond acceptors (Lipinski definition) is 6. The Balaban J connectivity index is 4.10. The van der Waals surface area contributed by atoms with Gasteiger partial charge in [0.25, 0.3) is 0 Å². The van der Waals surface area contributed by atoms with E-state index in [9.17, 15) is 14.4 Å². The van der Waals surface area contributed by atoms with Crippen LogP contribution >= 0.6 is 0 Å². The van der Waals surface area contributed by atoms with Gasteiger partial charge in [0.15, 0.2) is 6.10 Å². The molecule has 0 aromatic heterocycles. The normalized spacial score (nSPS) is 12.5. The van der Waals surface area contributed by atoms with Gasteiger partial charge in [-0.05, 0) is 89.9 Å². The molecule has 1 atom stereocenters. The van der Waals surface area contributed by atoms with Gasteiger partial charge in [0.1, 0.15) is 13.2 Å². The maximum atomic E-state index is 12.9. The number of unbranched alkanes of at least 4 members (excludes halogenated alkanes) is 44. The van der Waals surface area contributed by atoms with Crippen LogP contribution in [-0.4, -0.2) is 37.2 Å². The minimum absolute atomic E-state index is 0.0719. The summed E-state index contributed by atoms with van der Waals surface area (Å²) in [5.41, 5.74) is 0. The zero-order valence-electron chi connectivity index (χ0n) is 55.5. The van der Waals surface area contributed by atoms with Crippen LogP contribution in [-0.2, 0) is 28.6 Å². The molecule has 0 fully saturated rings. The molecule has 0 amide bonds. The Hall–Kier alpha value is -3.15. The number of rotatable bonds is 67. The molecule has 0 saturated heterocycles. The maximum Gasteiger partial charge on any atom is 0.306 e. The highest BCUT2D eigenvalue weighted by Gasteiger charge is 2.19. The number of allylic oxidation sites excluding steroid dienone is 12. The quantitative estimate of drug-likeness (QED) is 0.0261. The fourth-order valence-electron chi connectivity index (χ4n) is 10.8. The van der Waals surface area contributed by atoms with Crippen LogP contribution in [0.2, 0.25) is 0 Å². The predicted molar refractivity (Wildman–Crippen MR) is 362 cm³/mol. The number of hydrogen-bond donors (Lipinski definition) is 0. The lowest BCUT2D eigenvalue weighted by atomic mass is 10.0. The van der Waals surface area contributed by atoms with Crippen molar-refractivity contribution in [2.45, 2.75) is 386 Å². The summed E-state index contributed by atoms with van der Waals surface area (Å²) in [5.74, 6) is -0.855. The van der Waals surface area contributed by atoms with Crippen molar-refractivity contribution in [1.82, 2.24) is 0 Å². The lowest BCUT2D eigenvalue weighted by molar-refractivity contribution is -0.167. The molecular weight excluding hydrogens is 1020 g/mol. The Labute approximate surface area is 516 Å². The first-order valence-corrected chi connectivity index (χ1v) is 36.4. The van der Waals surface area contributed by atoms with E-state index in [1.807, 2.05) is 0 Å². The van der Waals surface area contributed by atoms with Crippen molar-refractivity contribution in [1.29, 1.82) is 0 Å². The topological polar surface area (TPSA) is 78.9 Å². The van der Waals surface area contributed by atoms with Crippen molar-refractivity contribution in [3.05, 3.63) is 72.9 Å². The minimum atomic E-state index is -0.776. The van der Waals surface area contributed by atoms with Crippen molar-refractivity contribution >= 4 is 17.9 Å². The molecule has 1 unspecified atom stereocenters. The third kappa shape index (κ3) is 69.5. The van der Waals surface area contributed by atoms with Crippen LogP contribution in [0, 0.1) is 0 Å². The Morgan fingerprint density at radius 3 is 0.759 bits per heavy atom. The van der Waals surface area contributed by atoms with Crippen LogP contribution in [0.1, 0.15) is 380 Å². The van der Waals surface area contributed by atoms with Gasteiger partial charge >= 0.3 is 17.9 Å². The van der Waals surface area contributed by atoms with E-state index >= 15 is 0 Å². The SMILES string of the molecule is CC/C=C\C/C=C\C/C=C\C/C=C\CCCCCCCCCCCCCCCCCCCCCCCCC(=O)OCC(COC(=O)CCCCCCCCCCCCCCC)OC(=O)CCCCCCCCC/C=C\C/C=C\CCCCC. The third-order valence-electron chi connectivity index (χ3n) is 16.2. The van der Waals surface area contributed by atoms with Crippen LogP contribution in [0.15, 0.2) is 72.9 Å². The average molecular weight is 1160 g/mol. The molecule has 0 radical (unpaired) electrons. The Kier molecular flexibility index (Phi) is 68.6. The Morgan fingerprint density at radius 1 is 0.253 bits per heavy atom. The van der Waals surface area contributed by atoms with Gasteiger partial charge in [-0.15, -0.1) is 0 Å². The molecule has 0 aromatic rings. The van der Waals surface area contributed by atoms with Crippen molar-refractivity contribution in [3.63, 3.8) is 0 Å². The van der Waals surface area contributed by atoms with Crippen molar-refractivity contribution in [2.75, 3.05) is 13.2 Å². The van der Waals surface area contributed by atoms with Crippen LogP contribution in [0.25, 0.3) is 0 Å². The summed E-state index contributed by atoms with van der Waals surface area (Å²) in [6, 6.07) is 0. The fraction of sp³-hybridized carbons (Fsp3) is 0.805. The summed E-state index contributed by atoms with van der Waals surface area (Å²) < 4.78 is 17.0. The molecule has 0 spiro atoms. The van der Waals surface area contributed by atoms with Gasteiger partial charge in [-0.25, -0.2) is 0 Å². The van der Waals surface area contributed by atoms with E-state index in [2.05, 4.69) is 93.7 Å². The number of esters is 3. The molecule has 83 heavy (non-hydrogen) atoms. The summed E-state index contributed by atoms with van der Waals surface area (Å²) in [7, 11) is 0. The Bertz CT molecular complexity index is 1520. The van der Waals surface area contributed by atoms with Crippen LogP contribution < -0.4 is 0 Å². The summed E-state index contributed by atoms with van der Waals surface area (Å²) in [5, 5.41) is 0. The average Bonchev–Trinajstić information content (AvgIpc) is 3.49. The first-order chi connectivity index (χ1) is 41.0. The summed E-state index contributed by atoms with van der Waals surface area (Å²) in [6.07, 6.45) is 93.8. The molecule has 0 aliphatic carbocycles. The molecule has 0 aliphatic heterocycles. The van der Waals surface area contributed by atoms with Crippen LogP contribution in [0.3, 0.4) is 0 Å². The first-order valence-electron chi connectivity index (χ1n) is 36.4. The number of carbonyl (C=O) groups excluding carboxylic acids is 3. The molecular formula is C77H138O6. The zero-order chi connectivity index (χ0) is 59.9. The molecule has 482 valence electrons. The Morgan fingerprint density at radius 2 is 0.470 bits per heavy atom. The van der Waals surface area contributed by atoms with E-state index in [1.165, 1.54) is 244 Å². The second-order valence-electron chi connectivity index (χ2n) is 24.5. The number of carbonyl (C=O) groups is 3. The van der Waals surface area contributed by atoms with E-state index < -0.39 is 6.10 Å². The van der Waals surface area contributed by atoms with E-state index in [0.29, 0.717) is 19.3 Å². The highest BCUT2D eigenvalue weighted by atomic mass is 16.6. The van der Waals surface area contributed by atoms with Gasteiger partial charge < -0.3 is 14.2 Å². The van der Waals surface area contributed by atoms with Crippen molar-refractivity contribution < 1.29 is 28.6 Å². The van der Waals surface area contributed by atoms with Crippen LogP contribution in [0.4, 0.5) is 0 Å². The second kappa shape index (κ2) is 71.3. The molecule has 0 aromatic carbocycles. The second-order valence-corrected chi connectivity index (χ2v) is 24.5. The van der Waals surface area contributed by atoms with Gasteiger partial charge in [-0.1, -0.05) is 344 Å². The minimum Gasteiger partial charge on any atom is -0.462 e. The lowest BCUT2D eigenvalue weighted by Crippen LogP contribution is -2.30. The molecule has 0 rings (SSSR count). The first kappa shape index (κ1) is 79.8. The predicted octanol–water partition coefficient (Wildman–Crippen LogP) is 25.2. The summed E-state index contributed by atoms with van der Waals surface area (Å²) in [6.45, 7) is 6.55. The molecule has 6 heteroatoms. The molecule has 0 N–H and O–H groups in total. The smallest absolute Gasteiger partial charge is 0.306 e. The van der Waals surface area contributed by atoms with E-state index in [4.69, 9.17) is 14.2 Å². The summed E-state index contributed by atoms with van der Waals surface area (Å²) >= 11 is 0. The molecule has 0 heterocycles. The monoisotopic (exact) mass is 1160 g/mol. The largest absolute Gasteiger partial charge is 0.462 e.